The summed E-state index contributed by atoms with van der Waals surface area (Å²) in [4.78, 5) is 0. The normalized spacial score (nSPS) is 10.5. The summed E-state index contributed by atoms with van der Waals surface area (Å²) in [5.41, 5.74) is 2.55. The summed E-state index contributed by atoms with van der Waals surface area (Å²) in [6.45, 7) is 6.57. The number of hydrogen-bond acceptors (Lipinski definition) is 1. The van der Waals surface area contributed by atoms with Crippen molar-refractivity contribution in [3.8, 4) is 11.1 Å². The number of benzene rings is 2. The third-order valence-electron chi connectivity index (χ3n) is 7.17. The molecule has 0 heterocycles. The predicted molar refractivity (Wildman–Crippen MR) is 167 cm³/mol. The van der Waals surface area contributed by atoms with E-state index < -0.39 is 0 Å². The molecule has 0 atom stereocenters. The van der Waals surface area contributed by atoms with Crippen molar-refractivity contribution in [2.45, 2.75) is 142 Å². The van der Waals surface area contributed by atoms with Crippen LogP contribution in [0.4, 0.5) is 0 Å². The van der Waals surface area contributed by atoms with E-state index in [4.69, 9.17) is 4.74 Å². The summed E-state index contributed by atoms with van der Waals surface area (Å²) in [5, 5.41) is 0. The SMILES string of the molecule is CCCCCCCCCCCCOCCCCCCCCCCCC.[H-].[K+].c1ccc(-c2ccccc2)cc1. The fourth-order valence-corrected chi connectivity index (χ4v) is 4.75. The first-order chi connectivity index (χ1) is 18.4. The molecule has 0 amide bonds. The van der Waals surface area contributed by atoms with Gasteiger partial charge in [-0.3, -0.25) is 0 Å². The summed E-state index contributed by atoms with van der Waals surface area (Å²) < 4.78 is 5.78. The first kappa shape index (κ1) is 38.0. The van der Waals surface area contributed by atoms with Crippen LogP contribution in [0, 0.1) is 0 Å². The van der Waals surface area contributed by atoms with Crippen LogP contribution in [0.5, 0.6) is 0 Å². The van der Waals surface area contributed by atoms with Crippen LogP contribution >= 0.6 is 0 Å². The Morgan fingerprint density at radius 3 is 0.947 bits per heavy atom. The minimum atomic E-state index is 0. The van der Waals surface area contributed by atoms with Crippen molar-refractivity contribution in [2.24, 2.45) is 0 Å². The fourth-order valence-electron chi connectivity index (χ4n) is 4.75. The van der Waals surface area contributed by atoms with E-state index in [0.29, 0.717) is 0 Å². The van der Waals surface area contributed by atoms with Crippen molar-refractivity contribution in [3.05, 3.63) is 60.7 Å². The molecule has 2 heteroatoms. The van der Waals surface area contributed by atoms with Gasteiger partial charge in [0.25, 0.3) is 0 Å². The minimum absolute atomic E-state index is 0. The van der Waals surface area contributed by atoms with Crippen molar-refractivity contribution in [1.29, 1.82) is 0 Å². The van der Waals surface area contributed by atoms with Crippen LogP contribution in [0.15, 0.2) is 60.7 Å². The monoisotopic (exact) mass is 548 g/mol. The van der Waals surface area contributed by atoms with E-state index in [9.17, 15) is 0 Å². The summed E-state index contributed by atoms with van der Waals surface area (Å²) in [6, 6.07) is 20.8. The van der Waals surface area contributed by atoms with Crippen LogP contribution in [0.3, 0.4) is 0 Å². The molecule has 0 N–H and O–H groups in total. The van der Waals surface area contributed by atoms with Crippen molar-refractivity contribution >= 4 is 0 Å². The molecule has 0 aromatic heterocycles. The molecule has 0 aliphatic rings. The quantitative estimate of drug-likeness (QED) is 0.0993. The predicted octanol–water partition coefficient (Wildman–Crippen LogP) is 9.31. The molecule has 0 aliphatic carbocycles. The molecule has 212 valence electrons. The van der Waals surface area contributed by atoms with Gasteiger partial charge in [-0.1, -0.05) is 190 Å². The van der Waals surface area contributed by atoms with Gasteiger partial charge in [0.1, 0.15) is 0 Å². The first-order valence-electron chi connectivity index (χ1n) is 16.1. The number of hydrogen-bond donors (Lipinski definition) is 0. The third-order valence-corrected chi connectivity index (χ3v) is 7.17. The molecule has 0 radical (unpaired) electrons. The second kappa shape index (κ2) is 31.6. The Balaban J connectivity index is 0. The van der Waals surface area contributed by atoms with Gasteiger partial charge < -0.3 is 6.16 Å². The number of rotatable bonds is 23. The smallest absolute Gasteiger partial charge is 1.00 e. The van der Waals surface area contributed by atoms with E-state index in [2.05, 4.69) is 62.4 Å². The van der Waals surface area contributed by atoms with E-state index in [-0.39, 0.29) is 52.8 Å². The van der Waals surface area contributed by atoms with Crippen molar-refractivity contribution in [1.82, 2.24) is 0 Å². The first-order valence-corrected chi connectivity index (χ1v) is 16.1. The van der Waals surface area contributed by atoms with Gasteiger partial charge in [-0.15, -0.1) is 0 Å². The molecule has 0 unspecified atom stereocenters. The average molecular weight is 549 g/mol. The fraction of sp³-hybridized carbons (Fsp3) is 0.667. The second-order valence-electron chi connectivity index (χ2n) is 10.7. The van der Waals surface area contributed by atoms with Crippen LogP contribution in [0.2, 0.25) is 0 Å². The van der Waals surface area contributed by atoms with E-state index in [1.165, 1.54) is 140 Å². The molecule has 2 rings (SSSR count). The summed E-state index contributed by atoms with van der Waals surface area (Å²) in [5.74, 6) is 0. The molecule has 2 aromatic carbocycles. The largest absolute Gasteiger partial charge is 1.00 e. The van der Waals surface area contributed by atoms with Crippen LogP contribution < -0.4 is 51.4 Å². The molecule has 0 saturated carbocycles. The van der Waals surface area contributed by atoms with Crippen molar-refractivity contribution in [3.63, 3.8) is 0 Å². The standard InChI is InChI=1S/C24H50O.C12H10.K.H/c1-3-5-7-9-11-13-15-17-19-21-23-25-24-22-20-18-16-14-12-10-8-6-4-2;1-3-7-11(8-4-1)12-9-5-2-6-10-12;;/h3-24H2,1-2H3;1-10H;;/q;;+1;-1. The van der Waals surface area contributed by atoms with E-state index in [0.717, 1.165) is 13.2 Å². The molecule has 0 bridgehead atoms. The Morgan fingerprint density at radius 1 is 0.395 bits per heavy atom. The van der Waals surface area contributed by atoms with Gasteiger partial charge in [-0.25, -0.2) is 0 Å². The maximum absolute atomic E-state index is 5.78. The molecule has 0 saturated heterocycles. The average Bonchev–Trinajstić information content (AvgIpc) is 2.95. The van der Waals surface area contributed by atoms with Crippen molar-refractivity contribution < 1.29 is 57.5 Å². The molecular formula is C36H61KO. The maximum Gasteiger partial charge on any atom is 1.00 e. The summed E-state index contributed by atoms with van der Waals surface area (Å²) >= 11 is 0. The van der Waals surface area contributed by atoms with Gasteiger partial charge in [0, 0.05) is 13.2 Å². The van der Waals surface area contributed by atoms with Crippen LogP contribution in [-0.2, 0) is 4.74 Å². The molecule has 0 aliphatic heterocycles. The van der Waals surface area contributed by atoms with Crippen LogP contribution in [-0.4, -0.2) is 13.2 Å². The topological polar surface area (TPSA) is 9.23 Å². The molecular weight excluding hydrogens is 487 g/mol. The van der Waals surface area contributed by atoms with E-state index >= 15 is 0 Å². The molecule has 0 fully saturated rings. The molecule has 0 spiro atoms. The van der Waals surface area contributed by atoms with Gasteiger partial charge in [0.2, 0.25) is 0 Å². The van der Waals surface area contributed by atoms with Gasteiger partial charge in [-0.05, 0) is 24.0 Å². The minimum Gasteiger partial charge on any atom is -1.00 e. The number of unbranched alkanes of at least 4 members (excludes halogenated alkanes) is 18. The van der Waals surface area contributed by atoms with Gasteiger partial charge >= 0.3 is 51.4 Å². The van der Waals surface area contributed by atoms with E-state index in [1.54, 1.807) is 0 Å². The molecule has 1 nitrogen and oxygen atoms in total. The van der Waals surface area contributed by atoms with Crippen LogP contribution in [0.25, 0.3) is 11.1 Å². The Kier molecular flexibility index (Phi) is 31.6. The second-order valence-corrected chi connectivity index (χ2v) is 10.7. The summed E-state index contributed by atoms with van der Waals surface area (Å²) in [7, 11) is 0. The molecule has 2 aromatic rings. The van der Waals surface area contributed by atoms with Gasteiger partial charge in [0.05, 0.1) is 0 Å². The molecule has 38 heavy (non-hydrogen) atoms. The van der Waals surface area contributed by atoms with Gasteiger partial charge in [-0.2, -0.15) is 0 Å². The Labute approximate surface area is 282 Å². The third kappa shape index (κ3) is 25.0. The summed E-state index contributed by atoms with van der Waals surface area (Å²) in [6.07, 6.45) is 28.2. The maximum atomic E-state index is 5.78. The van der Waals surface area contributed by atoms with Crippen molar-refractivity contribution in [2.75, 3.05) is 13.2 Å². The zero-order valence-electron chi connectivity index (χ0n) is 26.7. The zero-order valence-corrected chi connectivity index (χ0v) is 28.9. The Hall–Kier alpha value is 0.0364. The number of ether oxygens (including phenoxy) is 1. The Bertz CT molecular complexity index is 619. The zero-order chi connectivity index (χ0) is 26.5. The van der Waals surface area contributed by atoms with Crippen LogP contribution in [0.1, 0.15) is 144 Å². The Morgan fingerprint density at radius 2 is 0.658 bits per heavy atom. The van der Waals surface area contributed by atoms with E-state index in [1.807, 2.05) is 12.1 Å². The van der Waals surface area contributed by atoms with Gasteiger partial charge in [0.15, 0.2) is 0 Å².